The van der Waals surface area contributed by atoms with Crippen LogP contribution in [0.25, 0.3) is 0 Å². The lowest BCUT2D eigenvalue weighted by Crippen LogP contribution is -2.30. The zero-order chi connectivity index (χ0) is 8.27. The van der Waals surface area contributed by atoms with Crippen LogP contribution >= 0.6 is 0 Å². The zero-order valence-electron chi connectivity index (χ0n) is 7.39. The van der Waals surface area contributed by atoms with Gasteiger partial charge in [0.15, 0.2) is 0 Å². The molecule has 0 aromatic heterocycles. The molecule has 0 radical (unpaired) electrons. The zero-order valence-corrected chi connectivity index (χ0v) is 7.39. The van der Waals surface area contributed by atoms with Gasteiger partial charge in [-0.1, -0.05) is 13.8 Å². The summed E-state index contributed by atoms with van der Waals surface area (Å²) in [7, 11) is 0. The van der Waals surface area contributed by atoms with E-state index in [0.717, 1.165) is 18.9 Å². The van der Waals surface area contributed by atoms with E-state index in [-0.39, 0.29) is 11.8 Å². The van der Waals surface area contributed by atoms with Crippen molar-refractivity contribution in [2.24, 2.45) is 11.8 Å². The average molecular weight is 155 g/mol. The van der Waals surface area contributed by atoms with Crippen LogP contribution in [-0.4, -0.2) is 12.5 Å². The predicted octanol–water partition coefficient (Wildman–Crippen LogP) is 1.56. The first-order chi connectivity index (χ1) is 5.24. The highest BCUT2D eigenvalue weighted by atomic mass is 16.1. The smallest absolute Gasteiger partial charge is 0.222 e. The molecule has 0 aromatic carbocycles. The van der Waals surface area contributed by atoms with Crippen molar-refractivity contribution in [3.63, 3.8) is 0 Å². The number of rotatable bonds is 4. The fourth-order valence-corrected chi connectivity index (χ4v) is 0.927. The lowest BCUT2D eigenvalue weighted by Gasteiger charge is -2.08. The molecule has 0 bridgehead atoms. The Balaban J connectivity index is 2.08. The summed E-state index contributed by atoms with van der Waals surface area (Å²) in [6, 6.07) is 0. The topological polar surface area (TPSA) is 29.1 Å². The van der Waals surface area contributed by atoms with Crippen molar-refractivity contribution in [3.8, 4) is 0 Å². The molecule has 0 spiro atoms. The number of carbonyl (C=O) groups excluding carboxylic acids is 1. The summed E-state index contributed by atoms with van der Waals surface area (Å²) in [5.41, 5.74) is 0. The summed E-state index contributed by atoms with van der Waals surface area (Å²) in [6.07, 6.45) is 3.55. The van der Waals surface area contributed by atoms with Crippen LogP contribution in [0.1, 0.15) is 33.1 Å². The second kappa shape index (κ2) is 3.74. The van der Waals surface area contributed by atoms with E-state index in [1.54, 1.807) is 0 Å². The van der Waals surface area contributed by atoms with E-state index in [4.69, 9.17) is 0 Å². The molecule has 1 aliphatic rings. The van der Waals surface area contributed by atoms with Crippen LogP contribution in [0, 0.1) is 11.8 Å². The van der Waals surface area contributed by atoms with Crippen LogP contribution < -0.4 is 5.32 Å². The van der Waals surface area contributed by atoms with Crippen LogP contribution in [-0.2, 0) is 4.79 Å². The molecular formula is C9H17NO. The third kappa shape index (κ3) is 2.91. The lowest BCUT2D eigenvalue weighted by molar-refractivity contribution is -0.124. The lowest BCUT2D eigenvalue weighted by atomic mass is 10.1. The molecule has 2 heteroatoms. The monoisotopic (exact) mass is 155 g/mol. The van der Waals surface area contributed by atoms with E-state index >= 15 is 0 Å². The summed E-state index contributed by atoms with van der Waals surface area (Å²) in [5.74, 6) is 1.20. The number of hydrogen-bond donors (Lipinski definition) is 1. The quantitative estimate of drug-likeness (QED) is 0.656. The Hall–Kier alpha value is -0.530. The largest absolute Gasteiger partial charge is 0.356 e. The van der Waals surface area contributed by atoms with Gasteiger partial charge in [0.2, 0.25) is 5.91 Å². The molecule has 1 saturated carbocycles. The molecule has 2 nitrogen and oxygen atoms in total. The number of hydrogen-bond acceptors (Lipinski definition) is 1. The van der Waals surface area contributed by atoms with E-state index in [9.17, 15) is 4.79 Å². The van der Waals surface area contributed by atoms with Gasteiger partial charge in [-0.3, -0.25) is 4.79 Å². The maximum absolute atomic E-state index is 11.2. The third-order valence-corrected chi connectivity index (χ3v) is 2.32. The standard InChI is InChI=1S/C9H17NO/c1-3-7(2)9(11)10-6-8-4-5-8/h7-8H,3-6H2,1-2H3,(H,10,11). The molecule has 1 N–H and O–H groups in total. The molecule has 0 saturated heterocycles. The Morgan fingerprint density at radius 3 is 2.73 bits per heavy atom. The Labute approximate surface area is 68.4 Å². The van der Waals surface area contributed by atoms with Crippen molar-refractivity contribution in [3.05, 3.63) is 0 Å². The second-order valence-corrected chi connectivity index (χ2v) is 3.50. The van der Waals surface area contributed by atoms with E-state index in [0.29, 0.717) is 0 Å². The van der Waals surface area contributed by atoms with Crippen molar-refractivity contribution in [2.75, 3.05) is 6.54 Å². The van der Waals surface area contributed by atoms with Crippen molar-refractivity contribution in [2.45, 2.75) is 33.1 Å². The highest BCUT2D eigenvalue weighted by molar-refractivity contribution is 5.78. The van der Waals surface area contributed by atoms with Crippen molar-refractivity contribution in [1.82, 2.24) is 5.32 Å². The predicted molar refractivity (Wildman–Crippen MR) is 45.2 cm³/mol. The van der Waals surface area contributed by atoms with Crippen molar-refractivity contribution >= 4 is 5.91 Å². The van der Waals surface area contributed by atoms with Gasteiger partial charge >= 0.3 is 0 Å². The maximum Gasteiger partial charge on any atom is 0.222 e. The minimum absolute atomic E-state index is 0.189. The molecule has 0 aliphatic heterocycles. The molecule has 1 unspecified atom stereocenters. The summed E-state index contributed by atoms with van der Waals surface area (Å²) in [6.45, 7) is 4.92. The molecule has 1 rings (SSSR count). The third-order valence-electron chi connectivity index (χ3n) is 2.32. The Morgan fingerprint density at radius 2 is 2.27 bits per heavy atom. The second-order valence-electron chi connectivity index (χ2n) is 3.50. The van der Waals surface area contributed by atoms with E-state index in [1.165, 1.54) is 12.8 Å². The van der Waals surface area contributed by atoms with Crippen molar-refractivity contribution in [1.29, 1.82) is 0 Å². The SMILES string of the molecule is CCC(C)C(=O)NCC1CC1. The van der Waals surface area contributed by atoms with Crippen LogP contribution in [0.5, 0.6) is 0 Å². The van der Waals surface area contributed by atoms with Gasteiger partial charge < -0.3 is 5.32 Å². The Morgan fingerprint density at radius 1 is 1.64 bits per heavy atom. The van der Waals surface area contributed by atoms with E-state index in [2.05, 4.69) is 5.32 Å². The highest BCUT2D eigenvalue weighted by Crippen LogP contribution is 2.27. The van der Waals surface area contributed by atoms with Crippen LogP contribution in [0.3, 0.4) is 0 Å². The summed E-state index contributed by atoms with van der Waals surface area (Å²) >= 11 is 0. The molecule has 0 aromatic rings. The first kappa shape index (κ1) is 8.57. The van der Waals surface area contributed by atoms with Gasteiger partial charge in [-0.05, 0) is 25.2 Å². The normalized spacial score (nSPS) is 19.5. The molecule has 1 atom stereocenters. The minimum atomic E-state index is 0.189. The molecule has 1 aliphatic carbocycles. The fraction of sp³-hybridized carbons (Fsp3) is 0.889. The van der Waals surface area contributed by atoms with Gasteiger partial charge in [0.25, 0.3) is 0 Å². The van der Waals surface area contributed by atoms with Gasteiger partial charge in [-0.25, -0.2) is 0 Å². The van der Waals surface area contributed by atoms with Gasteiger partial charge in [0, 0.05) is 12.5 Å². The molecule has 64 valence electrons. The Bertz CT molecular complexity index is 140. The summed E-state index contributed by atoms with van der Waals surface area (Å²) < 4.78 is 0. The summed E-state index contributed by atoms with van der Waals surface area (Å²) in [4.78, 5) is 11.2. The van der Waals surface area contributed by atoms with Gasteiger partial charge in [-0.2, -0.15) is 0 Å². The van der Waals surface area contributed by atoms with Crippen LogP contribution in [0.15, 0.2) is 0 Å². The molecule has 11 heavy (non-hydrogen) atoms. The molecule has 0 heterocycles. The Kier molecular flexibility index (Phi) is 2.92. The van der Waals surface area contributed by atoms with Gasteiger partial charge in [0.05, 0.1) is 0 Å². The number of nitrogens with one attached hydrogen (secondary N) is 1. The van der Waals surface area contributed by atoms with Crippen molar-refractivity contribution < 1.29 is 4.79 Å². The first-order valence-corrected chi connectivity index (χ1v) is 4.51. The van der Waals surface area contributed by atoms with Gasteiger partial charge in [0.1, 0.15) is 0 Å². The fourth-order valence-electron chi connectivity index (χ4n) is 0.927. The van der Waals surface area contributed by atoms with E-state index < -0.39 is 0 Å². The van der Waals surface area contributed by atoms with Crippen LogP contribution in [0.4, 0.5) is 0 Å². The van der Waals surface area contributed by atoms with Crippen LogP contribution in [0.2, 0.25) is 0 Å². The first-order valence-electron chi connectivity index (χ1n) is 4.51. The number of amides is 1. The molecule has 1 fully saturated rings. The van der Waals surface area contributed by atoms with E-state index in [1.807, 2.05) is 13.8 Å². The molecule has 1 amide bonds. The minimum Gasteiger partial charge on any atom is -0.356 e. The number of carbonyl (C=O) groups is 1. The maximum atomic E-state index is 11.2. The van der Waals surface area contributed by atoms with Gasteiger partial charge in [-0.15, -0.1) is 0 Å². The summed E-state index contributed by atoms with van der Waals surface area (Å²) in [5, 5.41) is 2.96. The average Bonchev–Trinajstić information content (AvgIpc) is 2.81. The highest BCUT2D eigenvalue weighted by Gasteiger charge is 2.22. The molecular weight excluding hydrogens is 138 g/mol.